The summed E-state index contributed by atoms with van der Waals surface area (Å²) in [5.41, 5.74) is 4.78. The molecule has 2 unspecified atom stereocenters. The van der Waals surface area contributed by atoms with E-state index in [0.29, 0.717) is 17.0 Å². The number of rotatable bonds is 2. The number of nitrogens with zero attached hydrogens (tertiary/aromatic N) is 5. The first-order valence-electron chi connectivity index (χ1n) is 6.97. The van der Waals surface area contributed by atoms with Gasteiger partial charge in [0.05, 0.1) is 30.2 Å². The summed E-state index contributed by atoms with van der Waals surface area (Å²) in [5.74, 6) is 1.47. The number of aromatic amines is 1. The fraction of sp³-hybridized carbons (Fsp3) is 0.308. The standard InChI is InChI=1S/C13H14N8S/c1-2-15-20-13(22)19-11-12-14-6-10(7-4-16-17-5-7)21(12)9-3-8(9)18-11/h2,4-6,8-9H,3H2,1H3,(H,16,17)(H2,18,19,20,22)/b15-2-. The molecule has 9 heteroatoms. The molecule has 112 valence electrons. The van der Waals surface area contributed by atoms with Gasteiger partial charge in [-0.2, -0.15) is 10.2 Å². The summed E-state index contributed by atoms with van der Waals surface area (Å²) < 4.78 is 2.20. The maximum absolute atomic E-state index is 5.20. The van der Waals surface area contributed by atoms with Crippen molar-refractivity contribution in [2.24, 2.45) is 10.1 Å². The number of imidazole rings is 1. The summed E-state index contributed by atoms with van der Waals surface area (Å²) >= 11 is 5.20. The summed E-state index contributed by atoms with van der Waals surface area (Å²) in [5, 5.41) is 14.2. The van der Waals surface area contributed by atoms with E-state index in [1.165, 1.54) is 0 Å². The van der Waals surface area contributed by atoms with Gasteiger partial charge in [0.1, 0.15) is 0 Å². The van der Waals surface area contributed by atoms with E-state index in [9.17, 15) is 0 Å². The zero-order valence-corrected chi connectivity index (χ0v) is 12.6. The molecule has 3 heterocycles. The van der Waals surface area contributed by atoms with Crippen LogP contribution in [0.5, 0.6) is 0 Å². The van der Waals surface area contributed by atoms with Gasteiger partial charge in [0, 0.05) is 18.0 Å². The van der Waals surface area contributed by atoms with Gasteiger partial charge in [0.15, 0.2) is 16.8 Å². The van der Waals surface area contributed by atoms with E-state index >= 15 is 0 Å². The van der Waals surface area contributed by atoms with E-state index in [0.717, 1.165) is 23.5 Å². The predicted molar refractivity (Wildman–Crippen MR) is 86.8 cm³/mol. The molecule has 0 radical (unpaired) electrons. The Bertz CT molecular complexity index is 772. The molecule has 2 atom stereocenters. The number of amidine groups is 1. The van der Waals surface area contributed by atoms with Gasteiger partial charge in [-0.3, -0.25) is 15.5 Å². The number of aliphatic imine (C=N–C) groups is 1. The topological polar surface area (TPSA) is 95.3 Å². The van der Waals surface area contributed by atoms with Gasteiger partial charge in [-0.1, -0.05) is 0 Å². The van der Waals surface area contributed by atoms with Gasteiger partial charge in [-0.05, 0) is 25.6 Å². The zero-order valence-electron chi connectivity index (χ0n) is 11.8. The second kappa shape index (κ2) is 5.02. The number of fused-ring (bicyclic) bond motifs is 3. The highest BCUT2D eigenvalue weighted by Crippen LogP contribution is 2.45. The van der Waals surface area contributed by atoms with Crippen LogP contribution in [-0.2, 0) is 0 Å². The lowest BCUT2D eigenvalue weighted by Crippen LogP contribution is -2.40. The van der Waals surface area contributed by atoms with Crippen molar-refractivity contribution in [3.63, 3.8) is 0 Å². The van der Waals surface area contributed by atoms with E-state index in [1.807, 2.05) is 19.3 Å². The van der Waals surface area contributed by atoms with Crippen LogP contribution in [0.25, 0.3) is 11.3 Å². The van der Waals surface area contributed by atoms with Crippen LogP contribution in [0.1, 0.15) is 25.2 Å². The highest BCUT2D eigenvalue weighted by Gasteiger charge is 2.45. The molecule has 1 fully saturated rings. The Morgan fingerprint density at radius 3 is 3.23 bits per heavy atom. The maximum Gasteiger partial charge on any atom is 0.192 e. The third kappa shape index (κ3) is 2.10. The minimum Gasteiger partial charge on any atom is -0.316 e. The highest BCUT2D eigenvalue weighted by atomic mass is 32.1. The fourth-order valence-corrected chi connectivity index (χ4v) is 2.78. The Hall–Kier alpha value is -2.55. The van der Waals surface area contributed by atoms with Crippen molar-refractivity contribution >= 4 is 29.4 Å². The molecule has 0 bridgehead atoms. The van der Waals surface area contributed by atoms with Crippen LogP contribution >= 0.6 is 12.2 Å². The lowest BCUT2D eigenvalue weighted by Gasteiger charge is -2.17. The largest absolute Gasteiger partial charge is 0.316 e. The maximum atomic E-state index is 5.20. The van der Waals surface area contributed by atoms with Gasteiger partial charge in [0.2, 0.25) is 0 Å². The molecule has 0 saturated heterocycles. The second-order valence-corrected chi connectivity index (χ2v) is 5.53. The fourth-order valence-electron chi connectivity index (χ4n) is 2.63. The second-order valence-electron chi connectivity index (χ2n) is 5.13. The molecule has 2 aliphatic rings. The van der Waals surface area contributed by atoms with Crippen LogP contribution in [0, 0.1) is 0 Å². The monoisotopic (exact) mass is 314 g/mol. The minimum absolute atomic E-state index is 0.285. The number of nitrogens with one attached hydrogen (secondary N) is 3. The van der Waals surface area contributed by atoms with Crippen molar-refractivity contribution < 1.29 is 0 Å². The number of hydrogen-bond donors (Lipinski definition) is 3. The van der Waals surface area contributed by atoms with Crippen molar-refractivity contribution in [3.05, 3.63) is 24.4 Å². The molecule has 0 aromatic carbocycles. The van der Waals surface area contributed by atoms with Crippen molar-refractivity contribution in [2.45, 2.75) is 25.4 Å². The van der Waals surface area contributed by atoms with E-state index in [2.05, 4.69) is 40.6 Å². The smallest absolute Gasteiger partial charge is 0.192 e. The van der Waals surface area contributed by atoms with E-state index in [-0.39, 0.29) is 6.04 Å². The summed E-state index contributed by atoms with van der Waals surface area (Å²) in [4.78, 5) is 9.17. The number of hydrazone groups is 1. The molecule has 8 nitrogen and oxygen atoms in total. The van der Waals surface area contributed by atoms with Crippen LogP contribution in [0.3, 0.4) is 0 Å². The molecule has 4 rings (SSSR count). The van der Waals surface area contributed by atoms with Gasteiger partial charge in [-0.25, -0.2) is 4.98 Å². The number of H-pyrrole nitrogens is 1. The number of thiocarbonyl (C=S) groups is 1. The molecule has 1 aliphatic carbocycles. The first-order chi connectivity index (χ1) is 10.8. The summed E-state index contributed by atoms with van der Waals surface area (Å²) in [6, 6.07) is 0.662. The molecule has 1 saturated carbocycles. The Morgan fingerprint density at radius 1 is 1.55 bits per heavy atom. The lowest BCUT2D eigenvalue weighted by atomic mass is 10.2. The van der Waals surface area contributed by atoms with Crippen LogP contribution in [0.15, 0.2) is 28.7 Å². The predicted octanol–water partition coefficient (Wildman–Crippen LogP) is 0.817. The third-order valence-corrected chi connectivity index (χ3v) is 3.87. The lowest BCUT2D eigenvalue weighted by molar-refractivity contribution is 0.689. The van der Waals surface area contributed by atoms with Gasteiger partial charge >= 0.3 is 0 Å². The molecule has 1 aliphatic heterocycles. The van der Waals surface area contributed by atoms with E-state index in [4.69, 9.17) is 12.2 Å². The summed E-state index contributed by atoms with van der Waals surface area (Å²) in [6.45, 7) is 1.81. The van der Waals surface area contributed by atoms with E-state index < -0.39 is 0 Å². The molecular formula is C13H14N8S. The third-order valence-electron chi connectivity index (χ3n) is 3.68. The first-order valence-corrected chi connectivity index (χ1v) is 7.38. The summed E-state index contributed by atoms with van der Waals surface area (Å²) in [6.07, 6.45) is 8.16. The van der Waals surface area contributed by atoms with Crippen molar-refractivity contribution in [1.29, 1.82) is 0 Å². The van der Waals surface area contributed by atoms with Gasteiger partial charge in [-0.15, -0.1) is 0 Å². The molecule has 22 heavy (non-hydrogen) atoms. The van der Waals surface area contributed by atoms with Crippen LogP contribution < -0.4 is 10.7 Å². The van der Waals surface area contributed by atoms with Crippen molar-refractivity contribution in [2.75, 3.05) is 0 Å². The molecular weight excluding hydrogens is 300 g/mol. The molecule has 2 aromatic heterocycles. The molecule has 0 amide bonds. The highest BCUT2D eigenvalue weighted by molar-refractivity contribution is 7.80. The van der Waals surface area contributed by atoms with Crippen molar-refractivity contribution in [3.8, 4) is 11.3 Å². The van der Waals surface area contributed by atoms with Gasteiger partial charge in [0.25, 0.3) is 0 Å². The zero-order chi connectivity index (χ0) is 15.1. The van der Waals surface area contributed by atoms with Crippen LogP contribution in [-0.4, -0.2) is 43.0 Å². The van der Waals surface area contributed by atoms with Crippen LogP contribution in [0.4, 0.5) is 0 Å². The Labute approximate surface area is 131 Å². The number of hydrogen-bond acceptors (Lipinski definition) is 5. The molecule has 3 N–H and O–H groups in total. The van der Waals surface area contributed by atoms with E-state index in [1.54, 1.807) is 12.4 Å². The Morgan fingerprint density at radius 2 is 2.45 bits per heavy atom. The molecule has 2 aromatic rings. The Kier molecular flexibility index (Phi) is 3.00. The van der Waals surface area contributed by atoms with Crippen molar-refractivity contribution in [1.82, 2.24) is 30.5 Å². The summed E-state index contributed by atoms with van der Waals surface area (Å²) in [7, 11) is 0. The average molecular weight is 314 g/mol. The van der Waals surface area contributed by atoms with Gasteiger partial charge < -0.3 is 9.88 Å². The first kappa shape index (κ1) is 13.1. The average Bonchev–Trinajstić information content (AvgIpc) is 2.93. The quantitative estimate of drug-likeness (QED) is 0.433. The normalized spacial score (nSPS) is 22.0. The molecule has 0 spiro atoms. The number of aromatic nitrogens is 4. The Balaban J connectivity index is 1.66. The SMILES string of the molecule is C/C=N\NC(=S)NC1=NC2CC2n2c(-c3cn[nH]c3)cnc21. The minimum atomic E-state index is 0.285. The van der Waals surface area contributed by atoms with Crippen LogP contribution in [0.2, 0.25) is 0 Å².